The fourth-order valence-electron chi connectivity index (χ4n) is 3.14. The fraction of sp³-hybridized carbons (Fsp3) is 0.300. The van der Waals surface area contributed by atoms with Gasteiger partial charge in [-0.15, -0.1) is 0 Å². The number of nitrogens with zero attached hydrogens (tertiary/aromatic N) is 3. The van der Waals surface area contributed by atoms with Crippen molar-refractivity contribution in [3.05, 3.63) is 65.2 Å². The number of aromatic carboxylic acids is 1. The molecular formula is C20H20FN3O4. The van der Waals surface area contributed by atoms with Crippen molar-refractivity contribution in [2.75, 3.05) is 26.2 Å². The van der Waals surface area contributed by atoms with Crippen LogP contribution < -0.4 is 0 Å². The van der Waals surface area contributed by atoms with Crippen LogP contribution in [0, 0.1) is 5.82 Å². The van der Waals surface area contributed by atoms with E-state index in [0.717, 1.165) is 0 Å². The number of hydrogen-bond donors (Lipinski definition) is 1. The highest BCUT2D eigenvalue weighted by atomic mass is 19.1. The molecule has 1 aromatic heterocycles. The van der Waals surface area contributed by atoms with E-state index in [-0.39, 0.29) is 35.4 Å². The smallest absolute Gasteiger partial charge is 0.354 e. The number of amides is 2. The second-order valence-corrected chi connectivity index (χ2v) is 6.55. The second kappa shape index (κ2) is 8.60. The van der Waals surface area contributed by atoms with Crippen molar-refractivity contribution in [3.8, 4) is 0 Å². The number of carboxylic acids is 1. The summed E-state index contributed by atoms with van der Waals surface area (Å²) in [6, 6.07) is 10.2. The van der Waals surface area contributed by atoms with Crippen molar-refractivity contribution in [2.45, 2.75) is 12.8 Å². The first-order chi connectivity index (χ1) is 13.4. The van der Waals surface area contributed by atoms with Crippen LogP contribution in [0.1, 0.15) is 33.0 Å². The van der Waals surface area contributed by atoms with Crippen LogP contribution in [0.3, 0.4) is 0 Å². The zero-order chi connectivity index (χ0) is 20.1. The molecule has 146 valence electrons. The third kappa shape index (κ3) is 4.70. The second-order valence-electron chi connectivity index (χ2n) is 6.55. The number of carbonyl (C=O) groups excluding carboxylic acids is 2. The first-order valence-corrected chi connectivity index (χ1v) is 8.96. The molecule has 1 aliphatic rings. The Bertz CT molecular complexity index is 903. The topological polar surface area (TPSA) is 90.8 Å². The van der Waals surface area contributed by atoms with Gasteiger partial charge in [0.2, 0.25) is 5.91 Å². The summed E-state index contributed by atoms with van der Waals surface area (Å²) in [5.41, 5.74) is 0.490. The minimum atomic E-state index is -1.19. The molecule has 0 aliphatic carbocycles. The van der Waals surface area contributed by atoms with E-state index in [9.17, 15) is 18.8 Å². The Morgan fingerprint density at radius 3 is 2.39 bits per heavy atom. The Morgan fingerprint density at radius 1 is 0.964 bits per heavy atom. The van der Waals surface area contributed by atoms with Gasteiger partial charge in [-0.2, -0.15) is 0 Å². The minimum Gasteiger partial charge on any atom is -0.477 e. The van der Waals surface area contributed by atoms with Gasteiger partial charge in [0.15, 0.2) is 0 Å². The highest BCUT2D eigenvalue weighted by Gasteiger charge is 2.24. The lowest BCUT2D eigenvalue weighted by Crippen LogP contribution is -2.38. The van der Waals surface area contributed by atoms with E-state index in [1.807, 2.05) is 0 Å². The maximum Gasteiger partial charge on any atom is 0.354 e. The van der Waals surface area contributed by atoms with Gasteiger partial charge in [-0.3, -0.25) is 9.59 Å². The maximum absolute atomic E-state index is 13.3. The number of carboxylic acid groups (broad SMARTS) is 1. The number of rotatable bonds is 4. The van der Waals surface area contributed by atoms with Crippen LogP contribution in [0.5, 0.6) is 0 Å². The molecule has 8 heteroatoms. The van der Waals surface area contributed by atoms with Crippen molar-refractivity contribution in [3.63, 3.8) is 0 Å². The van der Waals surface area contributed by atoms with Crippen molar-refractivity contribution in [1.29, 1.82) is 0 Å². The Balaban J connectivity index is 1.62. The van der Waals surface area contributed by atoms with Crippen molar-refractivity contribution in [2.24, 2.45) is 0 Å². The molecule has 1 N–H and O–H groups in total. The summed E-state index contributed by atoms with van der Waals surface area (Å²) in [6.45, 7) is 1.63. The molecule has 2 aromatic rings. The molecule has 0 unspecified atom stereocenters. The van der Waals surface area contributed by atoms with Crippen LogP contribution in [-0.2, 0) is 11.2 Å². The molecular weight excluding hydrogens is 365 g/mol. The van der Waals surface area contributed by atoms with Crippen LogP contribution in [-0.4, -0.2) is 63.9 Å². The molecule has 2 amide bonds. The van der Waals surface area contributed by atoms with E-state index >= 15 is 0 Å². The summed E-state index contributed by atoms with van der Waals surface area (Å²) in [5, 5.41) is 9.03. The molecule has 1 aliphatic heterocycles. The first-order valence-electron chi connectivity index (χ1n) is 8.96. The van der Waals surface area contributed by atoms with E-state index in [2.05, 4.69) is 4.98 Å². The summed E-state index contributed by atoms with van der Waals surface area (Å²) in [6.07, 6.45) is 0.702. The van der Waals surface area contributed by atoms with Gasteiger partial charge < -0.3 is 14.9 Å². The summed E-state index contributed by atoms with van der Waals surface area (Å²) < 4.78 is 13.3. The van der Waals surface area contributed by atoms with E-state index in [1.165, 1.54) is 30.3 Å². The van der Waals surface area contributed by atoms with E-state index < -0.39 is 5.97 Å². The molecule has 0 saturated carbocycles. The van der Waals surface area contributed by atoms with Crippen molar-refractivity contribution in [1.82, 2.24) is 14.8 Å². The number of pyridine rings is 1. The van der Waals surface area contributed by atoms with Crippen LogP contribution in [0.4, 0.5) is 4.39 Å². The van der Waals surface area contributed by atoms with Gasteiger partial charge in [-0.1, -0.05) is 18.2 Å². The predicted molar refractivity (Wildman–Crippen MR) is 98.4 cm³/mol. The summed E-state index contributed by atoms with van der Waals surface area (Å²) in [7, 11) is 0. The Morgan fingerprint density at radius 2 is 1.64 bits per heavy atom. The maximum atomic E-state index is 13.3. The average molecular weight is 385 g/mol. The molecule has 0 bridgehead atoms. The molecule has 0 spiro atoms. The van der Waals surface area contributed by atoms with E-state index in [4.69, 9.17) is 5.11 Å². The Labute approximate surface area is 161 Å². The lowest BCUT2D eigenvalue weighted by molar-refractivity contribution is -0.130. The Kier molecular flexibility index (Phi) is 5.98. The molecule has 2 heterocycles. The lowest BCUT2D eigenvalue weighted by Gasteiger charge is -2.22. The highest BCUT2D eigenvalue weighted by molar-refractivity contribution is 5.94. The monoisotopic (exact) mass is 385 g/mol. The number of benzene rings is 1. The van der Waals surface area contributed by atoms with Gasteiger partial charge in [0, 0.05) is 26.2 Å². The lowest BCUT2D eigenvalue weighted by atomic mass is 10.1. The standard InChI is InChI=1S/C20H20FN3O4/c21-15-5-1-4-14(12-15)13-18(25)23-8-3-9-24(11-10-23)19(26)16-6-2-7-17(22-16)20(27)28/h1-2,4-7,12H,3,8-11,13H2,(H,27,28). The molecule has 0 atom stereocenters. The number of halogens is 1. The fourth-order valence-corrected chi connectivity index (χ4v) is 3.14. The van der Waals surface area contributed by atoms with Gasteiger partial charge in [0.25, 0.3) is 5.91 Å². The molecule has 28 heavy (non-hydrogen) atoms. The number of carbonyl (C=O) groups is 3. The summed E-state index contributed by atoms with van der Waals surface area (Å²) in [4.78, 5) is 43.3. The molecule has 1 saturated heterocycles. The van der Waals surface area contributed by atoms with Crippen molar-refractivity contribution < 1.29 is 23.9 Å². The van der Waals surface area contributed by atoms with Crippen LogP contribution >= 0.6 is 0 Å². The normalized spacial score (nSPS) is 14.5. The van der Waals surface area contributed by atoms with Gasteiger partial charge in [0.1, 0.15) is 17.2 Å². The molecule has 1 fully saturated rings. The number of hydrogen-bond acceptors (Lipinski definition) is 4. The molecule has 0 radical (unpaired) electrons. The molecule has 3 rings (SSSR count). The van der Waals surface area contributed by atoms with Gasteiger partial charge in [-0.25, -0.2) is 14.2 Å². The third-order valence-corrected chi connectivity index (χ3v) is 4.57. The molecule has 1 aromatic carbocycles. The number of aromatic nitrogens is 1. The summed E-state index contributed by atoms with van der Waals surface area (Å²) in [5.74, 6) is -2.05. The highest BCUT2D eigenvalue weighted by Crippen LogP contribution is 2.11. The van der Waals surface area contributed by atoms with E-state index in [0.29, 0.717) is 38.2 Å². The van der Waals surface area contributed by atoms with Gasteiger partial charge >= 0.3 is 5.97 Å². The van der Waals surface area contributed by atoms with Crippen LogP contribution in [0.15, 0.2) is 42.5 Å². The zero-order valence-corrected chi connectivity index (χ0v) is 15.2. The van der Waals surface area contributed by atoms with Gasteiger partial charge in [0.05, 0.1) is 6.42 Å². The Hall–Kier alpha value is -3.29. The third-order valence-electron chi connectivity index (χ3n) is 4.57. The van der Waals surface area contributed by atoms with Crippen LogP contribution in [0.25, 0.3) is 0 Å². The largest absolute Gasteiger partial charge is 0.477 e. The molecule has 7 nitrogen and oxygen atoms in total. The van der Waals surface area contributed by atoms with E-state index in [1.54, 1.807) is 21.9 Å². The quantitative estimate of drug-likeness (QED) is 0.867. The van der Waals surface area contributed by atoms with Crippen LogP contribution in [0.2, 0.25) is 0 Å². The zero-order valence-electron chi connectivity index (χ0n) is 15.2. The summed E-state index contributed by atoms with van der Waals surface area (Å²) >= 11 is 0. The van der Waals surface area contributed by atoms with Gasteiger partial charge in [-0.05, 0) is 36.2 Å². The first kappa shape index (κ1) is 19.5. The minimum absolute atomic E-state index is 0.0689. The average Bonchev–Trinajstić information content (AvgIpc) is 2.94. The SMILES string of the molecule is O=C(O)c1cccc(C(=O)N2CCCN(C(=O)Cc3cccc(F)c3)CC2)n1. The predicted octanol–water partition coefficient (Wildman–Crippen LogP) is 1.84. The van der Waals surface area contributed by atoms with Crippen molar-refractivity contribution >= 4 is 17.8 Å².